The van der Waals surface area contributed by atoms with E-state index in [1.54, 1.807) is 0 Å². The van der Waals surface area contributed by atoms with E-state index >= 15 is 0 Å². The molecule has 0 bridgehead atoms. The molecule has 1 aliphatic heterocycles. The van der Waals surface area contributed by atoms with E-state index in [1.807, 2.05) is 25.5 Å². The molecule has 0 saturated heterocycles. The molecule has 14 heavy (non-hydrogen) atoms. The molecular formula is C12H14N2. The molecule has 2 rings (SSSR count). The van der Waals surface area contributed by atoms with Crippen LogP contribution in [-0.4, -0.2) is 18.3 Å². The van der Waals surface area contributed by atoms with Gasteiger partial charge in [-0.15, -0.1) is 6.58 Å². The van der Waals surface area contributed by atoms with Crippen LogP contribution < -0.4 is 0 Å². The summed E-state index contributed by atoms with van der Waals surface area (Å²) < 4.78 is 0. The lowest BCUT2D eigenvalue weighted by molar-refractivity contribution is 0.383. The zero-order valence-electron chi connectivity index (χ0n) is 8.35. The van der Waals surface area contributed by atoms with Gasteiger partial charge in [-0.1, -0.05) is 24.3 Å². The van der Waals surface area contributed by atoms with Gasteiger partial charge in [0.1, 0.15) is 0 Å². The van der Waals surface area contributed by atoms with Crippen molar-refractivity contribution in [1.29, 1.82) is 0 Å². The molecule has 1 heterocycles. The number of aliphatic imine (C=N–C) groups is 1. The molecule has 2 nitrogen and oxygen atoms in total. The number of para-hydroxylation sites is 1. The zero-order valence-corrected chi connectivity index (χ0v) is 8.35. The quantitative estimate of drug-likeness (QED) is 0.648. The summed E-state index contributed by atoms with van der Waals surface area (Å²) in [5, 5.41) is 0. The number of hydrogen-bond acceptors (Lipinski definition) is 2. The van der Waals surface area contributed by atoms with Crippen molar-refractivity contribution in [3.63, 3.8) is 0 Å². The first-order chi connectivity index (χ1) is 6.83. The minimum atomic E-state index is 0.390. The topological polar surface area (TPSA) is 15.6 Å². The summed E-state index contributed by atoms with van der Waals surface area (Å²) in [5.41, 5.74) is 2.37. The van der Waals surface area contributed by atoms with E-state index in [-0.39, 0.29) is 0 Å². The fourth-order valence-corrected chi connectivity index (χ4v) is 1.79. The largest absolute Gasteiger partial charge is 0.358 e. The average molecular weight is 186 g/mol. The van der Waals surface area contributed by atoms with Gasteiger partial charge >= 0.3 is 0 Å². The van der Waals surface area contributed by atoms with E-state index in [1.165, 1.54) is 5.56 Å². The van der Waals surface area contributed by atoms with Crippen LogP contribution in [0.5, 0.6) is 0 Å². The molecule has 1 aromatic carbocycles. The Labute approximate surface area is 84.6 Å². The monoisotopic (exact) mass is 186 g/mol. The fraction of sp³-hybridized carbons (Fsp3) is 0.250. The standard InChI is InChI=1S/C12H14N2/c1-3-6-12-10-7-4-5-8-11(10)13-9-14(12)2/h3-5,7-9,12H,1,6H2,2H3. The van der Waals surface area contributed by atoms with E-state index < -0.39 is 0 Å². The van der Waals surface area contributed by atoms with Crippen LogP contribution >= 0.6 is 0 Å². The van der Waals surface area contributed by atoms with E-state index in [2.05, 4.69) is 34.7 Å². The van der Waals surface area contributed by atoms with Crippen LogP contribution in [0.15, 0.2) is 41.9 Å². The van der Waals surface area contributed by atoms with Crippen molar-refractivity contribution in [3.05, 3.63) is 42.5 Å². The number of nitrogens with zero attached hydrogens (tertiary/aromatic N) is 2. The molecule has 1 aliphatic rings. The van der Waals surface area contributed by atoms with Gasteiger partial charge in [-0.05, 0) is 12.5 Å². The molecular weight excluding hydrogens is 172 g/mol. The van der Waals surface area contributed by atoms with Gasteiger partial charge in [0.05, 0.1) is 18.1 Å². The summed E-state index contributed by atoms with van der Waals surface area (Å²) in [6.45, 7) is 3.79. The number of rotatable bonds is 2. The molecule has 0 fully saturated rings. The molecule has 1 unspecified atom stereocenters. The third kappa shape index (κ3) is 1.43. The highest BCUT2D eigenvalue weighted by Gasteiger charge is 2.19. The third-order valence-electron chi connectivity index (χ3n) is 2.56. The molecule has 2 heteroatoms. The second-order valence-electron chi connectivity index (χ2n) is 3.51. The van der Waals surface area contributed by atoms with Gasteiger partial charge in [0, 0.05) is 12.6 Å². The molecule has 1 aromatic rings. The lowest BCUT2D eigenvalue weighted by Crippen LogP contribution is -2.25. The van der Waals surface area contributed by atoms with Gasteiger partial charge in [0.2, 0.25) is 0 Å². The van der Waals surface area contributed by atoms with Crippen LogP contribution in [0.2, 0.25) is 0 Å². The highest BCUT2D eigenvalue weighted by atomic mass is 15.2. The Morgan fingerprint density at radius 2 is 2.29 bits per heavy atom. The van der Waals surface area contributed by atoms with Gasteiger partial charge in [-0.3, -0.25) is 0 Å². The van der Waals surface area contributed by atoms with Gasteiger partial charge < -0.3 is 4.90 Å². The van der Waals surface area contributed by atoms with Crippen LogP contribution in [0.25, 0.3) is 0 Å². The highest BCUT2D eigenvalue weighted by Crippen LogP contribution is 2.33. The molecule has 0 saturated carbocycles. The summed E-state index contributed by atoms with van der Waals surface area (Å²) in [6, 6.07) is 8.66. The van der Waals surface area contributed by atoms with Crippen LogP contribution in [0.1, 0.15) is 18.0 Å². The minimum Gasteiger partial charge on any atom is -0.358 e. The first-order valence-corrected chi connectivity index (χ1v) is 4.79. The van der Waals surface area contributed by atoms with Crippen molar-refractivity contribution in [3.8, 4) is 0 Å². The van der Waals surface area contributed by atoms with Crippen molar-refractivity contribution in [2.75, 3.05) is 7.05 Å². The summed E-state index contributed by atoms with van der Waals surface area (Å²) in [6.07, 6.45) is 4.80. The van der Waals surface area contributed by atoms with Crippen molar-refractivity contribution in [2.24, 2.45) is 4.99 Å². The number of benzene rings is 1. The fourth-order valence-electron chi connectivity index (χ4n) is 1.79. The summed E-state index contributed by atoms with van der Waals surface area (Å²) in [5.74, 6) is 0. The molecule has 0 radical (unpaired) electrons. The molecule has 0 spiro atoms. The maximum atomic E-state index is 4.37. The van der Waals surface area contributed by atoms with Crippen LogP contribution in [0, 0.1) is 0 Å². The second-order valence-corrected chi connectivity index (χ2v) is 3.51. The normalized spacial score (nSPS) is 19.2. The first kappa shape index (κ1) is 9.00. The number of hydrogen-bond donors (Lipinski definition) is 0. The van der Waals surface area contributed by atoms with E-state index in [4.69, 9.17) is 0 Å². The molecule has 0 amide bonds. The predicted octanol–water partition coefficient (Wildman–Crippen LogP) is 2.91. The Bertz CT molecular complexity index is 368. The van der Waals surface area contributed by atoms with Crippen LogP contribution in [0.3, 0.4) is 0 Å². The van der Waals surface area contributed by atoms with Crippen molar-refractivity contribution in [1.82, 2.24) is 4.90 Å². The Kier molecular flexibility index (Phi) is 2.35. The summed E-state index contributed by atoms with van der Waals surface area (Å²) >= 11 is 0. The summed E-state index contributed by atoms with van der Waals surface area (Å²) in [4.78, 5) is 6.50. The first-order valence-electron chi connectivity index (χ1n) is 4.79. The van der Waals surface area contributed by atoms with Crippen LogP contribution in [-0.2, 0) is 0 Å². The molecule has 0 N–H and O–H groups in total. The Balaban J connectivity index is 2.42. The molecule has 0 aliphatic carbocycles. The van der Waals surface area contributed by atoms with E-state index in [0.29, 0.717) is 6.04 Å². The summed E-state index contributed by atoms with van der Waals surface area (Å²) in [7, 11) is 2.05. The van der Waals surface area contributed by atoms with Gasteiger partial charge in [0.15, 0.2) is 0 Å². The highest BCUT2D eigenvalue weighted by molar-refractivity contribution is 5.68. The lowest BCUT2D eigenvalue weighted by Gasteiger charge is -2.29. The van der Waals surface area contributed by atoms with Gasteiger partial charge in [-0.25, -0.2) is 4.99 Å². The Morgan fingerprint density at radius 1 is 1.50 bits per heavy atom. The Hall–Kier alpha value is -1.57. The minimum absolute atomic E-state index is 0.390. The smallest absolute Gasteiger partial charge is 0.0915 e. The van der Waals surface area contributed by atoms with Crippen molar-refractivity contribution >= 4 is 12.0 Å². The number of fused-ring (bicyclic) bond motifs is 1. The Morgan fingerprint density at radius 3 is 3.07 bits per heavy atom. The SMILES string of the molecule is C=CCC1c2ccccc2N=CN1C. The molecule has 72 valence electrons. The van der Waals surface area contributed by atoms with Gasteiger partial charge in [-0.2, -0.15) is 0 Å². The van der Waals surface area contributed by atoms with Crippen molar-refractivity contribution in [2.45, 2.75) is 12.5 Å². The predicted molar refractivity (Wildman–Crippen MR) is 59.9 cm³/mol. The van der Waals surface area contributed by atoms with E-state index in [0.717, 1.165) is 12.1 Å². The van der Waals surface area contributed by atoms with Crippen molar-refractivity contribution < 1.29 is 0 Å². The average Bonchev–Trinajstić information content (AvgIpc) is 2.23. The lowest BCUT2D eigenvalue weighted by atomic mass is 10.00. The maximum Gasteiger partial charge on any atom is 0.0915 e. The molecule has 0 aromatic heterocycles. The maximum absolute atomic E-state index is 4.37. The van der Waals surface area contributed by atoms with Crippen LogP contribution in [0.4, 0.5) is 5.69 Å². The van der Waals surface area contributed by atoms with Gasteiger partial charge in [0.25, 0.3) is 0 Å². The zero-order chi connectivity index (χ0) is 9.97. The second kappa shape index (κ2) is 3.66. The third-order valence-corrected chi connectivity index (χ3v) is 2.56. The molecule has 1 atom stereocenters. The van der Waals surface area contributed by atoms with E-state index in [9.17, 15) is 0 Å².